The van der Waals surface area contributed by atoms with Crippen LogP contribution in [-0.2, 0) is 16.1 Å². The lowest BCUT2D eigenvalue weighted by atomic mass is 10.2. The Bertz CT molecular complexity index is 435. The van der Waals surface area contributed by atoms with Crippen molar-refractivity contribution in [3.05, 3.63) is 35.9 Å². The number of nitrogens with zero attached hydrogens (tertiary/aromatic N) is 1. The summed E-state index contributed by atoms with van der Waals surface area (Å²) in [5, 5.41) is -0.274. The molecule has 0 N–H and O–H groups in total. The van der Waals surface area contributed by atoms with Crippen LogP contribution in [0.15, 0.2) is 30.3 Å². The van der Waals surface area contributed by atoms with E-state index < -0.39 is 12.1 Å². The van der Waals surface area contributed by atoms with Crippen LogP contribution >= 0.6 is 12.6 Å². The van der Waals surface area contributed by atoms with Crippen molar-refractivity contribution in [1.29, 1.82) is 0 Å². The molecule has 4 nitrogen and oxygen atoms in total. The second kappa shape index (κ2) is 5.91. The normalized spacial score (nSPS) is 18.7. The van der Waals surface area contributed by atoms with Crippen molar-refractivity contribution >= 4 is 23.8 Å². The van der Waals surface area contributed by atoms with Gasteiger partial charge in [-0.25, -0.2) is 4.79 Å². The molecule has 2 rings (SSSR count). The average Bonchev–Trinajstić information content (AvgIpc) is 2.86. The number of benzene rings is 1. The van der Waals surface area contributed by atoms with Crippen molar-refractivity contribution in [1.82, 2.24) is 4.90 Å². The van der Waals surface area contributed by atoms with E-state index in [9.17, 15) is 9.59 Å². The minimum atomic E-state index is -0.441. The molecule has 1 heterocycles. The van der Waals surface area contributed by atoms with E-state index in [0.29, 0.717) is 13.0 Å². The molecule has 1 aliphatic rings. The quantitative estimate of drug-likeness (QED) is 0.853. The van der Waals surface area contributed by atoms with Gasteiger partial charge in [-0.2, -0.15) is 0 Å². The summed E-state index contributed by atoms with van der Waals surface area (Å²) in [6.07, 6.45) is 1.05. The molecule has 0 aliphatic carbocycles. The van der Waals surface area contributed by atoms with Gasteiger partial charge in [-0.05, 0) is 18.4 Å². The molecule has 1 aromatic rings. The van der Waals surface area contributed by atoms with Crippen molar-refractivity contribution in [3.8, 4) is 0 Å². The van der Waals surface area contributed by atoms with E-state index in [1.165, 1.54) is 4.90 Å². The zero-order valence-electron chi connectivity index (χ0n) is 9.91. The predicted octanol–water partition coefficient (Wildman–Crippen LogP) is 2.24. The van der Waals surface area contributed by atoms with Crippen molar-refractivity contribution < 1.29 is 14.3 Å². The molecule has 1 fully saturated rings. The number of rotatable bonds is 3. The summed E-state index contributed by atoms with van der Waals surface area (Å²) in [7, 11) is 0. The molecule has 1 aliphatic heterocycles. The Morgan fingerprint density at radius 1 is 1.33 bits per heavy atom. The second-order valence-electron chi connectivity index (χ2n) is 4.23. The third-order valence-corrected chi connectivity index (χ3v) is 3.28. The summed E-state index contributed by atoms with van der Waals surface area (Å²) < 4.78 is 5.19. The smallest absolute Gasteiger partial charge is 0.410 e. The highest BCUT2D eigenvalue weighted by molar-refractivity contribution is 7.96. The third-order valence-electron chi connectivity index (χ3n) is 2.98. The molecular weight excluding hydrogens is 250 g/mol. The summed E-state index contributed by atoms with van der Waals surface area (Å²) in [5.74, 6) is 0. The fraction of sp³-hybridized carbons (Fsp3) is 0.385. The third kappa shape index (κ3) is 3.04. The van der Waals surface area contributed by atoms with Crippen LogP contribution in [0.4, 0.5) is 4.79 Å². The minimum absolute atomic E-state index is 0.226. The number of hydrogen-bond acceptors (Lipinski definition) is 3. The van der Waals surface area contributed by atoms with Gasteiger partial charge in [-0.1, -0.05) is 30.3 Å². The van der Waals surface area contributed by atoms with Gasteiger partial charge in [-0.3, -0.25) is 9.69 Å². The number of thiol groups is 1. The van der Waals surface area contributed by atoms with Crippen LogP contribution < -0.4 is 0 Å². The van der Waals surface area contributed by atoms with Gasteiger partial charge in [0.15, 0.2) is 0 Å². The van der Waals surface area contributed by atoms with Crippen LogP contribution in [-0.4, -0.2) is 28.7 Å². The lowest BCUT2D eigenvalue weighted by molar-refractivity contribution is -0.114. The van der Waals surface area contributed by atoms with Gasteiger partial charge in [0, 0.05) is 6.54 Å². The van der Waals surface area contributed by atoms with Gasteiger partial charge < -0.3 is 4.74 Å². The van der Waals surface area contributed by atoms with Crippen molar-refractivity contribution in [2.24, 2.45) is 0 Å². The first-order chi connectivity index (χ1) is 8.68. The standard InChI is InChI=1S/C13H15NO3S/c15-12(18)11-7-4-8-14(11)13(16)17-9-10-5-2-1-3-6-10/h1-3,5-6,11H,4,7-9H2,(H,15,18). The molecule has 5 heteroatoms. The van der Waals surface area contributed by atoms with E-state index in [0.717, 1.165) is 12.0 Å². The van der Waals surface area contributed by atoms with Crippen LogP contribution in [0.3, 0.4) is 0 Å². The summed E-state index contributed by atoms with van der Waals surface area (Å²) in [6, 6.07) is 9.02. The Morgan fingerprint density at radius 2 is 2.06 bits per heavy atom. The maximum absolute atomic E-state index is 11.9. The maximum atomic E-state index is 11.9. The largest absolute Gasteiger partial charge is 0.445 e. The van der Waals surface area contributed by atoms with Gasteiger partial charge in [0.25, 0.3) is 0 Å². The molecule has 18 heavy (non-hydrogen) atoms. The fourth-order valence-corrected chi connectivity index (χ4v) is 2.31. The van der Waals surface area contributed by atoms with E-state index >= 15 is 0 Å². The molecule has 96 valence electrons. The van der Waals surface area contributed by atoms with Gasteiger partial charge >= 0.3 is 6.09 Å². The van der Waals surface area contributed by atoms with Crippen molar-refractivity contribution in [2.45, 2.75) is 25.5 Å². The van der Waals surface area contributed by atoms with Crippen LogP contribution in [0.5, 0.6) is 0 Å². The van der Waals surface area contributed by atoms with Gasteiger partial charge in [0.1, 0.15) is 12.6 Å². The fourth-order valence-electron chi connectivity index (χ4n) is 2.04. The van der Waals surface area contributed by atoms with Crippen molar-refractivity contribution in [2.75, 3.05) is 6.54 Å². The number of carbonyl (C=O) groups excluding carboxylic acids is 2. The molecule has 0 spiro atoms. The highest BCUT2D eigenvalue weighted by atomic mass is 32.1. The Kier molecular flexibility index (Phi) is 4.25. The molecule has 0 aromatic heterocycles. The van der Waals surface area contributed by atoms with Crippen LogP contribution in [0, 0.1) is 0 Å². The van der Waals surface area contributed by atoms with Crippen molar-refractivity contribution in [3.63, 3.8) is 0 Å². The molecule has 1 saturated heterocycles. The summed E-state index contributed by atoms with van der Waals surface area (Å²) in [6.45, 7) is 0.786. The number of likely N-dealkylation sites (tertiary alicyclic amines) is 1. The monoisotopic (exact) mass is 265 g/mol. The van der Waals surface area contributed by atoms with E-state index in [-0.39, 0.29) is 11.7 Å². The van der Waals surface area contributed by atoms with E-state index in [1.807, 2.05) is 30.3 Å². The molecule has 0 radical (unpaired) electrons. The van der Waals surface area contributed by atoms with E-state index in [2.05, 4.69) is 12.6 Å². The molecule has 0 saturated carbocycles. The lowest BCUT2D eigenvalue weighted by Crippen LogP contribution is -2.39. The van der Waals surface area contributed by atoms with Gasteiger partial charge in [-0.15, -0.1) is 12.6 Å². The van der Waals surface area contributed by atoms with Crippen LogP contribution in [0.2, 0.25) is 0 Å². The first-order valence-corrected chi connectivity index (χ1v) is 6.33. The van der Waals surface area contributed by atoms with Crippen LogP contribution in [0.1, 0.15) is 18.4 Å². The maximum Gasteiger partial charge on any atom is 0.410 e. The minimum Gasteiger partial charge on any atom is -0.445 e. The summed E-state index contributed by atoms with van der Waals surface area (Å²) >= 11 is 3.80. The highest BCUT2D eigenvalue weighted by Gasteiger charge is 2.33. The summed E-state index contributed by atoms with van der Waals surface area (Å²) in [4.78, 5) is 24.6. The van der Waals surface area contributed by atoms with Gasteiger partial charge in [0.2, 0.25) is 5.12 Å². The Hall–Kier alpha value is -1.49. The SMILES string of the molecule is O=C(S)C1CCCN1C(=O)OCc1ccccc1. The first kappa shape index (κ1) is 13.0. The molecule has 1 amide bonds. The van der Waals surface area contributed by atoms with E-state index in [1.54, 1.807) is 0 Å². The predicted molar refractivity (Wildman–Crippen MR) is 70.3 cm³/mol. The lowest BCUT2D eigenvalue weighted by Gasteiger charge is -2.21. The Morgan fingerprint density at radius 3 is 2.72 bits per heavy atom. The second-order valence-corrected chi connectivity index (χ2v) is 4.67. The number of amides is 1. The molecule has 1 atom stereocenters. The summed E-state index contributed by atoms with van der Waals surface area (Å²) in [5.41, 5.74) is 0.929. The highest BCUT2D eigenvalue weighted by Crippen LogP contribution is 2.20. The number of carbonyl (C=O) groups is 2. The molecular formula is C13H15NO3S. The Balaban J connectivity index is 1.90. The zero-order chi connectivity index (χ0) is 13.0. The topological polar surface area (TPSA) is 46.6 Å². The molecule has 1 aromatic carbocycles. The Labute approximate surface area is 111 Å². The molecule has 0 bridgehead atoms. The first-order valence-electron chi connectivity index (χ1n) is 5.88. The van der Waals surface area contributed by atoms with Crippen LogP contribution in [0.25, 0.3) is 0 Å². The average molecular weight is 265 g/mol. The van der Waals surface area contributed by atoms with Gasteiger partial charge in [0.05, 0.1) is 0 Å². The van der Waals surface area contributed by atoms with E-state index in [4.69, 9.17) is 4.74 Å². The number of ether oxygens (including phenoxy) is 1. The number of hydrogen-bond donors (Lipinski definition) is 1. The zero-order valence-corrected chi connectivity index (χ0v) is 10.8. The molecule has 1 unspecified atom stereocenters.